The summed E-state index contributed by atoms with van der Waals surface area (Å²) in [5.74, 6) is -0.162. The summed E-state index contributed by atoms with van der Waals surface area (Å²) in [5.41, 5.74) is 0.864. The summed E-state index contributed by atoms with van der Waals surface area (Å²) in [6.45, 7) is 10.6. The molecule has 0 aromatic carbocycles. The summed E-state index contributed by atoms with van der Waals surface area (Å²) in [4.78, 5) is 13.0. The van der Waals surface area contributed by atoms with Gasteiger partial charge in [-0.3, -0.25) is 4.79 Å². The van der Waals surface area contributed by atoms with Crippen LogP contribution < -0.4 is 0 Å². The van der Waals surface area contributed by atoms with Crippen LogP contribution in [0.3, 0.4) is 0 Å². The van der Waals surface area contributed by atoms with E-state index in [1.54, 1.807) is 0 Å². The zero-order valence-electron chi connectivity index (χ0n) is 10.4. The van der Waals surface area contributed by atoms with Crippen LogP contribution in [0.25, 0.3) is 0 Å². The predicted molar refractivity (Wildman–Crippen MR) is 65.4 cm³/mol. The molecule has 92 valence electrons. The van der Waals surface area contributed by atoms with Gasteiger partial charge in [-0.05, 0) is 45.6 Å². The molecule has 1 N–H and O–H groups in total. The van der Waals surface area contributed by atoms with E-state index in [2.05, 4.69) is 25.3 Å². The lowest BCUT2D eigenvalue weighted by atomic mass is 9.90. The van der Waals surface area contributed by atoms with Gasteiger partial charge in [-0.2, -0.15) is 0 Å². The third-order valence-electron chi connectivity index (χ3n) is 3.26. The summed E-state index contributed by atoms with van der Waals surface area (Å²) < 4.78 is 0. The van der Waals surface area contributed by atoms with Gasteiger partial charge in [0.15, 0.2) is 0 Å². The molecule has 1 saturated heterocycles. The standard InChI is InChI=1S/C13H23NO2/c1-10(2)14-6-4-5-12(9-14)7-11(3)8-13(15)16/h10,12H,3-9H2,1-2H3,(H,15,16). The van der Waals surface area contributed by atoms with Crippen LogP contribution in [0.4, 0.5) is 0 Å². The second-order valence-corrected chi connectivity index (χ2v) is 5.12. The third-order valence-corrected chi connectivity index (χ3v) is 3.26. The van der Waals surface area contributed by atoms with Crippen molar-refractivity contribution in [1.29, 1.82) is 0 Å². The van der Waals surface area contributed by atoms with Crippen molar-refractivity contribution >= 4 is 5.97 Å². The molecule has 1 rings (SSSR count). The second-order valence-electron chi connectivity index (χ2n) is 5.12. The molecule has 0 saturated carbocycles. The fraction of sp³-hybridized carbons (Fsp3) is 0.769. The quantitative estimate of drug-likeness (QED) is 0.731. The topological polar surface area (TPSA) is 40.5 Å². The molecule has 1 aliphatic rings. The first-order chi connectivity index (χ1) is 7.49. The molecule has 3 heteroatoms. The van der Waals surface area contributed by atoms with Crippen molar-refractivity contribution in [2.45, 2.75) is 45.6 Å². The van der Waals surface area contributed by atoms with E-state index in [9.17, 15) is 4.79 Å². The first-order valence-corrected chi connectivity index (χ1v) is 6.11. The molecular weight excluding hydrogens is 202 g/mol. The Morgan fingerprint density at radius 3 is 2.81 bits per heavy atom. The van der Waals surface area contributed by atoms with Crippen molar-refractivity contribution in [3.8, 4) is 0 Å². The maximum Gasteiger partial charge on any atom is 0.307 e. The van der Waals surface area contributed by atoms with Gasteiger partial charge in [-0.1, -0.05) is 12.2 Å². The number of aliphatic carboxylic acids is 1. The highest BCUT2D eigenvalue weighted by Crippen LogP contribution is 2.24. The number of hydrogen-bond acceptors (Lipinski definition) is 2. The van der Waals surface area contributed by atoms with Gasteiger partial charge in [-0.25, -0.2) is 0 Å². The van der Waals surface area contributed by atoms with Crippen LogP contribution in [0.5, 0.6) is 0 Å². The molecule has 0 aromatic rings. The predicted octanol–water partition coefficient (Wildman–Crippen LogP) is 2.53. The number of rotatable bonds is 5. The van der Waals surface area contributed by atoms with Crippen molar-refractivity contribution in [3.05, 3.63) is 12.2 Å². The molecule has 1 fully saturated rings. The number of carbonyl (C=O) groups is 1. The van der Waals surface area contributed by atoms with E-state index in [4.69, 9.17) is 5.11 Å². The maximum atomic E-state index is 10.6. The average molecular weight is 225 g/mol. The molecule has 0 aromatic heterocycles. The molecule has 0 spiro atoms. The molecule has 1 heterocycles. The van der Waals surface area contributed by atoms with Crippen LogP contribution in [0.15, 0.2) is 12.2 Å². The lowest BCUT2D eigenvalue weighted by molar-refractivity contribution is -0.136. The van der Waals surface area contributed by atoms with Crippen molar-refractivity contribution in [2.75, 3.05) is 13.1 Å². The van der Waals surface area contributed by atoms with Gasteiger partial charge < -0.3 is 10.0 Å². The van der Waals surface area contributed by atoms with Crippen molar-refractivity contribution in [3.63, 3.8) is 0 Å². The first-order valence-electron chi connectivity index (χ1n) is 6.11. The molecule has 0 radical (unpaired) electrons. The Labute approximate surface area is 98.1 Å². The summed E-state index contributed by atoms with van der Waals surface area (Å²) in [6, 6.07) is 0.593. The number of carboxylic acids is 1. The summed E-state index contributed by atoms with van der Waals surface area (Å²) >= 11 is 0. The average Bonchev–Trinajstić information content (AvgIpc) is 2.16. The smallest absolute Gasteiger partial charge is 0.307 e. The molecule has 0 amide bonds. The highest BCUT2D eigenvalue weighted by molar-refractivity contribution is 5.69. The van der Waals surface area contributed by atoms with Gasteiger partial charge in [0, 0.05) is 12.6 Å². The van der Waals surface area contributed by atoms with Gasteiger partial charge in [-0.15, -0.1) is 0 Å². The van der Waals surface area contributed by atoms with Crippen LogP contribution in [0.1, 0.15) is 39.5 Å². The fourth-order valence-electron chi connectivity index (χ4n) is 2.43. The first kappa shape index (κ1) is 13.2. The fourth-order valence-corrected chi connectivity index (χ4v) is 2.43. The number of likely N-dealkylation sites (tertiary alicyclic amines) is 1. The van der Waals surface area contributed by atoms with Crippen molar-refractivity contribution < 1.29 is 9.90 Å². The molecule has 1 unspecified atom stereocenters. The molecular formula is C13H23NO2. The van der Waals surface area contributed by atoms with E-state index in [1.807, 2.05) is 0 Å². The van der Waals surface area contributed by atoms with Crippen molar-refractivity contribution in [1.82, 2.24) is 4.90 Å². The lowest BCUT2D eigenvalue weighted by Gasteiger charge is -2.35. The van der Waals surface area contributed by atoms with Crippen molar-refractivity contribution in [2.24, 2.45) is 5.92 Å². The zero-order chi connectivity index (χ0) is 12.1. The van der Waals surface area contributed by atoms with Crippen LogP contribution in [0.2, 0.25) is 0 Å². The van der Waals surface area contributed by atoms with E-state index in [-0.39, 0.29) is 6.42 Å². The minimum atomic E-state index is -0.762. The Morgan fingerprint density at radius 1 is 1.56 bits per heavy atom. The number of hydrogen-bond donors (Lipinski definition) is 1. The van der Waals surface area contributed by atoms with E-state index in [0.717, 1.165) is 18.5 Å². The van der Waals surface area contributed by atoms with E-state index in [0.29, 0.717) is 12.0 Å². The van der Waals surface area contributed by atoms with Gasteiger partial charge in [0.1, 0.15) is 0 Å². The second kappa shape index (κ2) is 6.04. The SMILES string of the molecule is C=C(CC(=O)O)CC1CCCN(C(C)C)C1. The minimum Gasteiger partial charge on any atom is -0.481 e. The lowest BCUT2D eigenvalue weighted by Crippen LogP contribution is -2.40. The van der Waals surface area contributed by atoms with Gasteiger partial charge in [0.2, 0.25) is 0 Å². The van der Waals surface area contributed by atoms with Crippen LogP contribution in [-0.4, -0.2) is 35.1 Å². The Hall–Kier alpha value is -0.830. The minimum absolute atomic E-state index is 0.123. The molecule has 1 aliphatic heterocycles. The van der Waals surface area contributed by atoms with Gasteiger partial charge in [0.05, 0.1) is 6.42 Å². The van der Waals surface area contributed by atoms with E-state index in [1.165, 1.54) is 19.4 Å². The Kier molecular flexibility index (Phi) is 5.00. The number of piperidine rings is 1. The molecule has 16 heavy (non-hydrogen) atoms. The van der Waals surface area contributed by atoms with E-state index >= 15 is 0 Å². The maximum absolute atomic E-state index is 10.6. The molecule has 0 aliphatic carbocycles. The number of carboxylic acid groups (broad SMARTS) is 1. The molecule has 3 nitrogen and oxygen atoms in total. The summed E-state index contributed by atoms with van der Waals surface area (Å²) in [6.07, 6.45) is 3.43. The van der Waals surface area contributed by atoms with Crippen LogP contribution >= 0.6 is 0 Å². The van der Waals surface area contributed by atoms with Gasteiger partial charge in [0.25, 0.3) is 0 Å². The normalized spacial score (nSPS) is 22.3. The zero-order valence-corrected chi connectivity index (χ0v) is 10.4. The largest absolute Gasteiger partial charge is 0.481 e. The third kappa shape index (κ3) is 4.35. The highest BCUT2D eigenvalue weighted by Gasteiger charge is 2.22. The van der Waals surface area contributed by atoms with Gasteiger partial charge >= 0.3 is 5.97 Å². The Morgan fingerprint density at radius 2 is 2.25 bits per heavy atom. The van der Waals surface area contributed by atoms with E-state index < -0.39 is 5.97 Å². The van der Waals surface area contributed by atoms with Crippen LogP contribution in [-0.2, 0) is 4.79 Å². The monoisotopic (exact) mass is 225 g/mol. The Bertz CT molecular complexity index is 261. The molecule has 0 bridgehead atoms. The summed E-state index contributed by atoms with van der Waals surface area (Å²) in [5, 5.41) is 8.68. The number of nitrogens with zero attached hydrogens (tertiary/aromatic N) is 1. The summed E-state index contributed by atoms with van der Waals surface area (Å²) in [7, 11) is 0. The molecule has 1 atom stereocenters. The Balaban J connectivity index is 2.37. The highest BCUT2D eigenvalue weighted by atomic mass is 16.4. The van der Waals surface area contributed by atoms with Crippen LogP contribution in [0, 0.1) is 5.92 Å².